The largest absolute Gasteiger partial charge is 0.480 e. The number of nitriles is 1. The lowest BCUT2D eigenvalue weighted by Gasteiger charge is -2.34. The first-order valence-electron chi connectivity index (χ1n) is 7.97. The van der Waals surface area contributed by atoms with Crippen LogP contribution in [0, 0.1) is 17.2 Å². The zero-order valence-corrected chi connectivity index (χ0v) is 13.4. The molecule has 0 unspecified atom stereocenters. The SMILES string of the molecule is COc1nccc(N2CCC(CCn3cccn3)CC2)c1C#N. The average Bonchev–Trinajstić information content (AvgIpc) is 3.13. The van der Waals surface area contributed by atoms with Gasteiger partial charge in [-0.1, -0.05) is 0 Å². The highest BCUT2D eigenvalue weighted by Crippen LogP contribution is 2.30. The molecule has 23 heavy (non-hydrogen) atoms. The molecule has 1 aliphatic rings. The highest BCUT2D eigenvalue weighted by Gasteiger charge is 2.22. The molecule has 2 aromatic heterocycles. The predicted molar refractivity (Wildman–Crippen MR) is 87.3 cm³/mol. The number of piperidine rings is 1. The van der Waals surface area contributed by atoms with Crippen LogP contribution in [-0.4, -0.2) is 35.0 Å². The summed E-state index contributed by atoms with van der Waals surface area (Å²) in [6.07, 6.45) is 8.97. The Morgan fingerprint density at radius 1 is 1.35 bits per heavy atom. The second-order valence-corrected chi connectivity index (χ2v) is 5.81. The standard InChI is InChI=1S/C17H21N5O/c1-23-17-15(13-18)16(3-8-19-17)21-10-4-14(5-11-21)6-12-22-9-2-7-20-22/h2-3,7-9,14H,4-6,10-12H2,1H3. The third-order valence-electron chi connectivity index (χ3n) is 4.48. The van der Waals surface area contributed by atoms with Crippen LogP contribution in [0.25, 0.3) is 0 Å². The van der Waals surface area contributed by atoms with E-state index in [9.17, 15) is 5.26 Å². The minimum atomic E-state index is 0.408. The van der Waals surface area contributed by atoms with E-state index in [1.807, 2.05) is 29.2 Å². The summed E-state index contributed by atoms with van der Waals surface area (Å²) in [6.45, 7) is 2.90. The van der Waals surface area contributed by atoms with Crippen molar-refractivity contribution in [2.45, 2.75) is 25.8 Å². The third-order valence-corrected chi connectivity index (χ3v) is 4.48. The average molecular weight is 311 g/mol. The number of aryl methyl sites for hydroxylation is 1. The molecule has 2 aromatic rings. The summed E-state index contributed by atoms with van der Waals surface area (Å²) in [7, 11) is 1.55. The number of pyridine rings is 1. The van der Waals surface area contributed by atoms with Crippen LogP contribution in [0.15, 0.2) is 30.7 Å². The van der Waals surface area contributed by atoms with E-state index in [-0.39, 0.29) is 0 Å². The number of aromatic nitrogens is 3. The molecular formula is C17H21N5O. The van der Waals surface area contributed by atoms with E-state index in [4.69, 9.17) is 4.74 Å². The number of hydrogen-bond donors (Lipinski definition) is 0. The zero-order chi connectivity index (χ0) is 16.1. The summed E-state index contributed by atoms with van der Waals surface area (Å²) in [5, 5.41) is 13.7. The highest BCUT2D eigenvalue weighted by molar-refractivity contribution is 5.63. The lowest BCUT2D eigenvalue weighted by molar-refractivity contribution is 0.353. The van der Waals surface area contributed by atoms with E-state index in [1.54, 1.807) is 13.3 Å². The molecule has 1 aliphatic heterocycles. The van der Waals surface area contributed by atoms with Gasteiger partial charge in [-0.15, -0.1) is 0 Å². The summed E-state index contributed by atoms with van der Waals surface area (Å²) >= 11 is 0. The van der Waals surface area contributed by atoms with Crippen molar-refractivity contribution in [1.82, 2.24) is 14.8 Å². The summed E-state index contributed by atoms with van der Waals surface area (Å²) in [5.41, 5.74) is 1.47. The second-order valence-electron chi connectivity index (χ2n) is 5.81. The van der Waals surface area contributed by atoms with Crippen LogP contribution in [0.1, 0.15) is 24.8 Å². The molecule has 0 aliphatic carbocycles. The summed E-state index contributed by atoms with van der Waals surface area (Å²) in [5.74, 6) is 1.12. The zero-order valence-electron chi connectivity index (χ0n) is 13.4. The Hall–Kier alpha value is -2.55. The van der Waals surface area contributed by atoms with E-state index in [1.165, 1.54) is 0 Å². The third kappa shape index (κ3) is 3.45. The molecule has 3 rings (SSSR count). The number of anilines is 1. The lowest BCUT2D eigenvalue weighted by Crippen LogP contribution is -2.34. The molecule has 3 heterocycles. The van der Waals surface area contributed by atoms with Gasteiger partial charge >= 0.3 is 0 Å². The van der Waals surface area contributed by atoms with Crippen LogP contribution in [-0.2, 0) is 6.54 Å². The molecule has 0 aromatic carbocycles. The Kier molecular flexibility index (Phi) is 4.77. The van der Waals surface area contributed by atoms with Crippen LogP contribution in [0.4, 0.5) is 5.69 Å². The maximum absolute atomic E-state index is 9.40. The summed E-state index contributed by atoms with van der Waals surface area (Å²) in [6, 6.07) is 6.10. The van der Waals surface area contributed by atoms with Crippen molar-refractivity contribution in [2.75, 3.05) is 25.1 Å². The molecule has 0 saturated carbocycles. The van der Waals surface area contributed by atoms with Gasteiger partial charge in [0, 0.05) is 38.2 Å². The first kappa shape index (κ1) is 15.3. The van der Waals surface area contributed by atoms with Crippen molar-refractivity contribution in [3.63, 3.8) is 0 Å². The number of nitrogens with zero attached hydrogens (tertiary/aromatic N) is 5. The maximum Gasteiger partial charge on any atom is 0.233 e. The molecular weight excluding hydrogens is 290 g/mol. The molecule has 0 atom stereocenters. The summed E-state index contributed by atoms with van der Waals surface area (Å²) < 4.78 is 7.19. The van der Waals surface area contributed by atoms with Crippen molar-refractivity contribution in [3.05, 3.63) is 36.3 Å². The van der Waals surface area contributed by atoms with Crippen molar-refractivity contribution in [1.29, 1.82) is 5.26 Å². The Labute approximate surface area is 136 Å². The Morgan fingerprint density at radius 3 is 2.83 bits per heavy atom. The van der Waals surface area contributed by atoms with Crippen LogP contribution in [0.3, 0.4) is 0 Å². The van der Waals surface area contributed by atoms with E-state index < -0.39 is 0 Å². The minimum absolute atomic E-state index is 0.408. The molecule has 1 saturated heterocycles. The van der Waals surface area contributed by atoms with Crippen molar-refractivity contribution >= 4 is 5.69 Å². The van der Waals surface area contributed by atoms with Gasteiger partial charge in [-0.3, -0.25) is 4.68 Å². The topological polar surface area (TPSA) is 67.0 Å². The van der Waals surface area contributed by atoms with Gasteiger partial charge in [0.2, 0.25) is 5.88 Å². The number of hydrogen-bond acceptors (Lipinski definition) is 5. The fourth-order valence-electron chi connectivity index (χ4n) is 3.17. The van der Waals surface area contributed by atoms with Crippen LogP contribution in [0.5, 0.6) is 5.88 Å². The Balaban J connectivity index is 1.60. The molecule has 6 heteroatoms. The predicted octanol–water partition coefficient (Wildman–Crippen LogP) is 2.47. The first-order chi connectivity index (χ1) is 11.3. The van der Waals surface area contributed by atoms with E-state index in [2.05, 4.69) is 21.1 Å². The number of ether oxygens (including phenoxy) is 1. The quantitative estimate of drug-likeness (QED) is 0.848. The van der Waals surface area contributed by atoms with Gasteiger partial charge in [-0.2, -0.15) is 10.4 Å². The van der Waals surface area contributed by atoms with E-state index >= 15 is 0 Å². The molecule has 0 bridgehead atoms. The van der Waals surface area contributed by atoms with E-state index in [0.29, 0.717) is 17.4 Å². The monoisotopic (exact) mass is 311 g/mol. The molecule has 120 valence electrons. The molecule has 0 N–H and O–H groups in total. The second kappa shape index (κ2) is 7.14. The lowest BCUT2D eigenvalue weighted by atomic mass is 9.93. The minimum Gasteiger partial charge on any atom is -0.480 e. The number of methoxy groups -OCH3 is 1. The smallest absolute Gasteiger partial charge is 0.233 e. The summed E-state index contributed by atoms with van der Waals surface area (Å²) in [4.78, 5) is 6.39. The van der Waals surface area contributed by atoms with Gasteiger partial charge in [0.15, 0.2) is 0 Å². The van der Waals surface area contributed by atoms with Gasteiger partial charge in [0.1, 0.15) is 11.6 Å². The van der Waals surface area contributed by atoms with Gasteiger partial charge in [-0.05, 0) is 37.3 Å². The van der Waals surface area contributed by atoms with Crippen LogP contribution in [0.2, 0.25) is 0 Å². The van der Waals surface area contributed by atoms with Gasteiger partial charge < -0.3 is 9.64 Å². The van der Waals surface area contributed by atoms with Gasteiger partial charge in [0.25, 0.3) is 0 Å². The molecule has 0 amide bonds. The van der Waals surface area contributed by atoms with Gasteiger partial charge in [-0.25, -0.2) is 4.98 Å². The fraction of sp³-hybridized carbons (Fsp3) is 0.471. The van der Waals surface area contributed by atoms with Crippen LogP contribution >= 0.6 is 0 Å². The molecule has 0 radical (unpaired) electrons. The van der Waals surface area contributed by atoms with Crippen molar-refractivity contribution in [3.8, 4) is 11.9 Å². The number of rotatable bonds is 5. The molecule has 0 spiro atoms. The van der Waals surface area contributed by atoms with Crippen molar-refractivity contribution < 1.29 is 4.74 Å². The van der Waals surface area contributed by atoms with Crippen LogP contribution < -0.4 is 9.64 Å². The fourth-order valence-corrected chi connectivity index (χ4v) is 3.17. The first-order valence-corrected chi connectivity index (χ1v) is 7.97. The highest BCUT2D eigenvalue weighted by atomic mass is 16.5. The normalized spacial score (nSPS) is 15.4. The van der Waals surface area contributed by atoms with Gasteiger partial charge in [0.05, 0.1) is 12.8 Å². The Bertz CT molecular complexity index is 669. The Morgan fingerprint density at radius 2 is 2.17 bits per heavy atom. The molecule has 6 nitrogen and oxygen atoms in total. The molecule has 1 fully saturated rings. The van der Waals surface area contributed by atoms with E-state index in [0.717, 1.165) is 44.6 Å². The maximum atomic E-state index is 9.40. The van der Waals surface area contributed by atoms with Crippen molar-refractivity contribution in [2.24, 2.45) is 5.92 Å².